The molecule has 0 saturated carbocycles. The van der Waals surface area contributed by atoms with Crippen LogP contribution in [0.5, 0.6) is 0 Å². The second-order valence-electron chi connectivity index (χ2n) is 5.80. The van der Waals surface area contributed by atoms with Gasteiger partial charge >= 0.3 is 0 Å². The summed E-state index contributed by atoms with van der Waals surface area (Å²) in [6.07, 6.45) is 1.46. The highest BCUT2D eigenvalue weighted by Crippen LogP contribution is 2.42. The lowest BCUT2D eigenvalue weighted by Crippen LogP contribution is -2.20. The molecule has 8 heteroatoms. The molecule has 1 aliphatic heterocycles. The number of amides is 2. The van der Waals surface area contributed by atoms with Crippen LogP contribution < -0.4 is 5.32 Å². The number of benzene rings is 2. The molecular formula is C18H14N2O4S2. The zero-order valence-electron chi connectivity index (χ0n) is 13.5. The van der Waals surface area contributed by atoms with E-state index >= 15 is 0 Å². The maximum absolute atomic E-state index is 12.9. The Morgan fingerprint density at radius 1 is 1.00 bits per heavy atom. The Kier molecular flexibility index (Phi) is 3.82. The number of nitrogens with one attached hydrogen (secondary N) is 1. The average molecular weight is 386 g/mol. The van der Waals surface area contributed by atoms with E-state index in [0.29, 0.717) is 16.5 Å². The fourth-order valence-corrected chi connectivity index (χ4v) is 5.72. The number of carbonyl (C=O) groups is 2. The summed E-state index contributed by atoms with van der Waals surface area (Å²) < 4.78 is 27.1. The van der Waals surface area contributed by atoms with Crippen molar-refractivity contribution in [1.29, 1.82) is 0 Å². The van der Waals surface area contributed by atoms with Gasteiger partial charge in [0, 0.05) is 11.6 Å². The summed E-state index contributed by atoms with van der Waals surface area (Å²) in [5, 5.41) is 1.80. The van der Waals surface area contributed by atoms with Gasteiger partial charge in [0.25, 0.3) is 15.3 Å². The lowest BCUT2D eigenvalue weighted by molar-refractivity contribution is -0.119. The zero-order chi connectivity index (χ0) is 18.5. The smallest absolute Gasteiger partial charge is 0.280 e. The van der Waals surface area contributed by atoms with Gasteiger partial charge in [-0.05, 0) is 29.8 Å². The van der Waals surface area contributed by atoms with Crippen molar-refractivity contribution >= 4 is 48.4 Å². The summed E-state index contributed by atoms with van der Waals surface area (Å²) in [5.74, 6) is 3.40. The predicted octanol–water partition coefficient (Wildman–Crippen LogP) is 2.87. The first-order valence-corrected chi connectivity index (χ1v) is 10.6. The fourth-order valence-electron chi connectivity index (χ4n) is 3.07. The summed E-state index contributed by atoms with van der Waals surface area (Å²) in [6, 6.07) is 14.9. The molecule has 0 radical (unpaired) electrons. The predicted molar refractivity (Wildman–Crippen MR) is 102 cm³/mol. The summed E-state index contributed by atoms with van der Waals surface area (Å²) in [4.78, 5) is 24.1. The molecule has 1 aliphatic rings. The van der Waals surface area contributed by atoms with Crippen LogP contribution in [0, 0.1) is 0 Å². The van der Waals surface area contributed by atoms with Crippen LogP contribution in [0.15, 0.2) is 65.7 Å². The summed E-state index contributed by atoms with van der Waals surface area (Å²) in [7, 11) is -4.81. The highest BCUT2D eigenvalue weighted by atomic mass is 32.2. The van der Waals surface area contributed by atoms with Crippen LogP contribution in [0.3, 0.4) is 0 Å². The van der Waals surface area contributed by atoms with Crippen LogP contribution in [0.25, 0.3) is 10.9 Å². The molecule has 0 aliphatic carbocycles. The van der Waals surface area contributed by atoms with E-state index in [1.54, 1.807) is 42.5 Å². The molecule has 2 aromatic carbocycles. The van der Waals surface area contributed by atoms with Crippen molar-refractivity contribution in [2.75, 3.05) is 0 Å². The van der Waals surface area contributed by atoms with Crippen molar-refractivity contribution in [3.05, 3.63) is 66.4 Å². The van der Waals surface area contributed by atoms with E-state index in [1.807, 2.05) is 0 Å². The molecule has 2 unspecified atom stereocenters. The van der Waals surface area contributed by atoms with Crippen molar-refractivity contribution < 1.29 is 18.0 Å². The first-order chi connectivity index (χ1) is 12.4. The number of hydrogen-bond donors (Lipinski definition) is 1. The van der Waals surface area contributed by atoms with Gasteiger partial charge in [0.15, 0.2) is 0 Å². The molecule has 0 bridgehead atoms. The monoisotopic (exact) mass is 386 g/mol. The van der Waals surface area contributed by atoms with Gasteiger partial charge < -0.3 is 0 Å². The largest absolute Gasteiger partial charge is 0.286 e. The molecule has 0 spiro atoms. The van der Waals surface area contributed by atoms with Gasteiger partial charge in [-0.1, -0.05) is 46.7 Å². The lowest BCUT2D eigenvalue weighted by atomic mass is 10.1. The van der Waals surface area contributed by atoms with Gasteiger partial charge in [-0.3, -0.25) is 14.9 Å². The summed E-state index contributed by atoms with van der Waals surface area (Å²) in [6.45, 7) is 0. The van der Waals surface area contributed by atoms with E-state index in [0.717, 1.165) is 0 Å². The van der Waals surface area contributed by atoms with Gasteiger partial charge in [0.05, 0.1) is 10.4 Å². The number of hydrogen-bond acceptors (Lipinski definition) is 4. The Balaban J connectivity index is 1.91. The molecule has 3 aromatic rings. The molecular weight excluding hydrogens is 372 g/mol. The summed E-state index contributed by atoms with van der Waals surface area (Å²) in [5.41, 5.74) is 1.06. The molecule has 1 N–H and O–H groups in total. The van der Waals surface area contributed by atoms with E-state index in [2.05, 4.69) is 11.2 Å². The van der Waals surface area contributed by atoms with Crippen molar-refractivity contribution in [3.8, 4) is 0 Å². The Hall–Kier alpha value is -2.71. The normalized spacial score (nSPS) is 20.5. The van der Waals surface area contributed by atoms with Crippen LogP contribution in [0.2, 0.25) is 0 Å². The molecule has 6 nitrogen and oxygen atoms in total. The molecule has 2 atom stereocenters. The summed E-state index contributed by atoms with van der Waals surface area (Å²) >= 11 is 0. The number of rotatable bonds is 3. The quantitative estimate of drug-likeness (QED) is 0.702. The van der Waals surface area contributed by atoms with Gasteiger partial charge in [0.2, 0.25) is 5.91 Å². The third-order valence-corrected chi connectivity index (χ3v) is 7.62. The number of nitrogens with zero attached hydrogens (tertiary/aromatic N) is 1. The van der Waals surface area contributed by atoms with Gasteiger partial charge in [-0.25, -0.2) is 12.4 Å². The SMILES string of the molecule is C=S1C(=O)NC(=O)C1c1cccc2c1ccn2S(=O)(=O)c1ccccc1. The first kappa shape index (κ1) is 16.7. The van der Waals surface area contributed by atoms with E-state index in [1.165, 1.54) is 22.3 Å². The Morgan fingerprint density at radius 2 is 1.73 bits per heavy atom. The molecule has 2 amide bonds. The van der Waals surface area contributed by atoms with Crippen LogP contribution in [0.4, 0.5) is 4.79 Å². The molecule has 1 saturated heterocycles. The van der Waals surface area contributed by atoms with Crippen LogP contribution in [-0.2, 0) is 14.8 Å². The third kappa shape index (κ3) is 2.41. The highest BCUT2D eigenvalue weighted by molar-refractivity contribution is 8.28. The van der Waals surface area contributed by atoms with Crippen LogP contribution in [-0.4, -0.2) is 29.4 Å². The van der Waals surface area contributed by atoms with E-state index in [-0.39, 0.29) is 4.90 Å². The van der Waals surface area contributed by atoms with Crippen LogP contribution in [0.1, 0.15) is 10.8 Å². The van der Waals surface area contributed by atoms with Crippen molar-refractivity contribution in [2.45, 2.75) is 10.1 Å². The topological polar surface area (TPSA) is 85.2 Å². The van der Waals surface area contributed by atoms with Crippen LogP contribution >= 0.6 is 10.5 Å². The standard InChI is InChI=1S/C18H14N2O4S2/c1-25-16(17(21)19-18(25)22)14-8-5-9-15-13(14)10-11-20(15)26(23,24)12-6-3-2-4-7-12/h2-11,16H,1H2,(H,19,21,22). The zero-order valence-corrected chi connectivity index (χ0v) is 15.1. The highest BCUT2D eigenvalue weighted by Gasteiger charge is 2.36. The minimum absolute atomic E-state index is 0.175. The number of aromatic nitrogens is 1. The maximum Gasteiger partial charge on any atom is 0.280 e. The minimum Gasteiger partial charge on any atom is -0.286 e. The second kappa shape index (κ2) is 5.93. The van der Waals surface area contributed by atoms with Gasteiger partial charge in [-0.2, -0.15) is 0 Å². The molecule has 1 fully saturated rings. The second-order valence-corrected chi connectivity index (χ2v) is 9.31. The molecule has 2 heterocycles. The van der Waals surface area contributed by atoms with Crippen molar-refractivity contribution in [2.24, 2.45) is 0 Å². The minimum atomic E-state index is -3.76. The molecule has 4 rings (SSSR count). The number of fused-ring (bicyclic) bond motifs is 1. The van der Waals surface area contributed by atoms with E-state index in [4.69, 9.17) is 0 Å². The molecule has 1 aromatic heterocycles. The number of imide groups is 1. The van der Waals surface area contributed by atoms with Gasteiger partial charge in [0.1, 0.15) is 5.25 Å². The molecule has 26 heavy (non-hydrogen) atoms. The van der Waals surface area contributed by atoms with E-state index < -0.39 is 36.9 Å². The van der Waals surface area contributed by atoms with E-state index in [9.17, 15) is 18.0 Å². The third-order valence-electron chi connectivity index (χ3n) is 4.30. The Morgan fingerprint density at radius 3 is 2.38 bits per heavy atom. The average Bonchev–Trinajstić information content (AvgIpc) is 3.17. The Labute approximate surface area is 152 Å². The van der Waals surface area contributed by atoms with Crippen molar-refractivity contribution in [1.82, 2.24) is 9.29 Å². The Bertz CT molecular complexity index is 1180. The number of carbonyl (C=O) groups excluding carboxylic acids is 2. The first-order valence-electron chi connectivity index (χ1n) is 7.69. The molecule has 132 valence electrons. The fraction of sp³-hybridized carbons (Fsp3) is 0.0556. The maximum atomic E-state index is 12.9. The lowest BCUT2D eigenvalue weighted by Gasteiger charge is -2.12. The van der Waals surface area contributed by atoms with Gasteiger partial charge in [-0.15, -0.1) is 0 Å². The van der Waals surface area contributed by atoms with Crippen molar-refractivity contribution in [3.63, 3.8) is 0 Å².